The van der Waals surface area contributed by atoms with Crippen molar-refractivity contribution in [3.63, 3.8) is 0 Å². The molecular weight excluding hydrogens is 373 g/mol. The van der Waals surface area contributed by atoms with Gasteiger partial charge in [-0.25, -0.2) is 9.97 Å². The van der Waals surface area contributed by atoms with Gasteiger partial charge in [0.1, 0.15) is 10.8 Å². The zero-order valence-corrected chi connectivity index (χ0v) is 13.4. The van der Waals surface area contributed by atoms with E-state index in [0.717, 1.165) is 26.9 Å². The highest BCUT2D eigenvalue weighted by Gasteiger charge is 2.29. The van der Waals surface area contributed by atoms with E-state index >= 15 is 0 Å². The van der Waals surface area contributed by atoms with E-state index in [0.29, 0.717) is 16.9 Å². The predicted molar refractivity (Wildman–Crippen MR) is 84.3 cm³/mol. The number of aryl methyl sites for hydroxylation is 1. The Labute approximate surface area is 131 Å². The van der Waals surface area contributed by atoms with Gasteiger partial charge in [-0.15, -0.1) is 0 Å². The summed E-state index contributed by atoms with van der Waals surface area (Å²) in [5.41, 5.74) is 3.09. The SMILES string of the molecule is CCc1cccnc1-c1nc(Cl)c(I)c(C2CC2)n1. The van der Waals surface area contributed by atoms with Crippen LogP contribution in [0.1, 0.15) is 36.9 Å². The van der Waals surface area contributed by atoms with Crippen molar-refractivity contribution in [2.24, 2.45) is 0 Å². The van der Waals surface area contributed by atoms with Gasteiger partial charge < -0.3 is 0 Å². The zero-order valence-electron chi connectivity index (χ0n) is 10.5. The van der Waals surface area contributed by atoms with E-state index in [-0.39, 0.29) is 0 Å². The summed E-state index contributed by atoms with van der Waals surface area (Å²) in [7, 11) is 0. The quantitative estimate of drug-likeness (QED) is 0.586. The summed E-state index contributed by atoms with van der Waals surface area (Å²) in [6.07, 6.45) is 5.09. The smallest absolute Gasteiger partial charge is 0.180 e. The minimum atomic E-state index is 0.542. The molecule has 19 heavy (non-hydrogen) atoms. The third-order valence-electron chi connectivity index (χ3n) is 3.28. The lowest BCUT2D eigenvalue weighted by atomic mass is 10.1. The lowest BCUT2D eigenvalue weighted by molar-refractivity contribution is 0.964. The molecule has 2 aromatic heterocycles. The largest absolute Gasteiger partial charge is 0.253 e. The topological polar surface area (TPSA) is 38.7 Å². The maximum absolute atomic E-state index is 6.25. The van der Waals surface area contributed by atoms with Crippen LogP contribution in [0.5, 0.6) is 0 Å². The third kappa shape index (κ3) is 2.60. The van der Waals surface area contributed by atoms with Crippen molar-refractivity contribution in [3.05, 3.63) is 38.3 Å². The Bertz CT molecular complexity index is 626. The number of nitrogens with zero attached hydrogens (tertiary/aromatic N) is 3. The van der Waals surface area contributed by atoms with Crippen molar-refractivity contribution in [3.8, 4) is 11.5 Å². The van der Waals surface area contributed by atoms with Gasteiger partial charge in [0.25, 0.3) is 0 Å². The van der Waals surface area contributed by atoms with Crippen LogP contribution in [0.3, 0.4) is 0 Å². The van der Waals surface area contributed by atoms with E-state index in [2.05, 4.69) is 45.5 Å². The molecule has 0 aromatic carbocycles. The summed E-state index contributed by atoms with van der Waals surface area (Å²) in [5.74, 6) is 1.21. The van der Waals surface area contributed by atoms with E-state index in [9.17, 15) is 0 Å². The molecule has 1 aliphatic rings. The summed E-state index contributed by atoms with van der Waals surface area (Å²) in [6, 6.07) is 4.01. The van der Waals surface area contributed by atoms with Gasteiger partial charge in [-0.05, 0) is 53.5 Å². The molecular formula is C14H13ClIN3. The highest BCUT2D eigenvalue weighted by atomic mass is 127. The summed E-state index contributed by atoms with van der Waals surface area (Å²) in [5, 5.41) is 0.542. The van der Waals surface area contributed by atoms with Crippen LogP contribution in [-0.2, 0) is 6.42 Å². The average Bonchev–Trinajstić information content (AvgIpc) is 3.26. The first-order valence-corrected chi connectivity index (χ1v) is 7.83. The highest BCUT2D eigenvalue weighted by Crippen LogP contribution is 2.42. The van der Waals surface area contributed by atoms with Crippen LogP contribution >= 0.6 is 34.2 Å². The van der Waals surface area contributed by atoms with Crippen LogP contribution in [0.2, 0.25) is 5.15 Å². The molecule has 5 heteroatoms. The van der Waals surface area contributed by atoms with Gasteiger partial charge >= 0.3 is 0 Å². The normalized spacial score (nSPS) is 14.7. The highest BCUT2D eigenvalue weighted by molar-refractivity contribution is 14.1. The minimum absolute atomic E-state index is 0.542. The van der Waals surface area contributed by atoms with Crippen LogP contribution < -0.4 is 0 Å². The van der Waals surface area contributed by atoms with Gasteiger partial charge in [0.05, 0.1) is 9.26 Å². The lowest BCUT2D eigenvalue weighted by Gasteiger charge is -2.09. The number of pyridine rings is 1. The minimum Gasteiger partial charge on any atom is -0.253 e. The number of hydrogen-bond donors (Lipinski definition) is 0. The Morgan fingerprint density at radius 2 is 2.16 bits per heavy atom. The van der Waals surface area contributed by atoms with Gasteiger partial charge in [0.15, 0.2) is 5.82 Å². The molecule has 0 bridgehead atoms. The molecule has 0 saturated heterocycles. The molecule has 3 nitrogen and oxygen atoms in total. The number of hydrogen-bond acceptors (Lipinski definition) is 3. The van der Waals surface area contributed by atoms with E-state index in [1.165, 1.54) is 12.8 Å². The lowest BCUT2D eigenvalue weighted by Crippen LogP contribution is -2.02. The second-order valence-corrected chi connectivity index (χ2v) is 6.11. The van der Waals surface area contributed by atoms with Crippen LogP contribution in [0.4, 0.5) is 0 Å². The fraction of sp³-hybridized carbons (Fsp3) is 0.357. The van der Waals surface area contributed by atoms with Crippen LogP contribution in [0.25, 0.3) is 11.5 Å². The standard InChI is InChI=1S/C14H13ClIN3/c1-2-8-4-3-7-17-12(8)14-18-11(9-5-6-9)10(16)13(15)19-14/h3-4,7,9H,2,5-6H2,1H3. The van der Waals surface area contributed by atoms with Crippen molar-refractivity contribution in [2.75, 3.05) is 0 Å². The molecule has 2 heterocycles. The molecule has 0 unspecified atom stereocenters. The fourth-order valence-electron chi connectivity index (χ4n) is 2.09. The average molecular weight is 386 g/mol. The molecule has 0 atom stereocenters. The van der Waals surface area contributed by atoms with E-state index in [4.69, 9.17) is 16.6 Å². The van der Waals surface area contributed by atoms with Crippen molar-refractivity contribution in [1.29, 1.82) is 0 Å². The zero-order chi connectivity index (χ0) is 13.4. The molecule has 0 N–H and O–H groups in total. The van der Waals surface area contributed by atoms with Crippen molar-refractivity contribution in [2.45, 2.75) is 32.1 Å². The molecule has 0 aliphatic heterocycles. The van der Waals surface area contributed by atoms with Crippen LogP contribution in [0.15, 0.2) is 18.3 Å². The Hall–Kier alpha value is -0.750. The van der Waals surface area contributed by atoms with E-state index in [1.807, 2.05) is 6.07 Å². The van der Waals surface area contributed by atoms with Gasteiger partial charge in [-0.1, -0.05) is 24.6 Å². The van der Waals surface area contributed by atoms with Gasteiger partial charge in [0, 0.05) is 12.1 Å². The molecule has 1 fully saturated rings. The monoisotopic (exact) mass is 385 g/mol. The first-order valence-electron chi connectivity index (χ1n) is 6.38. The van der Waals surface area contributed by atoms with E-state index < -0.39 is 0 Å². The summed E-state index contributed by atoms with van der Waals surface area (Å²) >= 11 is 8.49. The second kappa shape index (κ2) is 5.32. The van der Waals surface area contributed by atoms with Crippen LogP contribution in [0, 0.1) is 3.57 Å². The second-order valence-electron chi connectivity index (χ2n) is 4.68. The van der Waals surface area contributed by atoms with Gasteiger partial charge in [-0.3, -0.25) is 4.98 Å². The van der Waals surface area contributed by atoms with Crippen LogP contribution in [-0.4, -0.2) is 15.0 Å². The summed E-state index contributed by atoms with van der Waals surface area (Å²) in [6.45, 7) is 2.11. The fourth-order valence-corrected chi connectivity index (χ4v) is 2.95. The molecule has 2 aromatic rings. The maximum atomic E-state index is 6.25. The molecule has 0 amide bonds. The Morgan fingerprint density at radius 1 is 1.37 bits per heavy atom. The van der Waals surface area contributed by atoms with E-state index in [1.54, 1.807) is 6.20 Å². The molecule has 3 rings (SSSR count). The Morgan fingerprint density at radius 3 is 2.84 bits per heavy atom. The van der Waals surface area contributed by atoms with Crippen molar-refractivity contribution < 1.29 is 0 Å². The molecule has 0 spiro atoms. The number of halogens is 2. The first-order chi connectivity index (χ1) is 9.20. The molecule has 0 radical (unpaired) electrons. The molecule has 1 aliphatic carbocycles. The number of aromatic nitrogens is 3. The predicted octanol–water partition coefficient (Wildman–Crippen LogP) is 4.24. The van der Waals surface area contributed by atoms with Crippen molar-refractivity contribution >= 4 is 34.2 Å². The molecule has 98 valence electrons. The Balaban J connectivity index is 2.14. The molecule has 1 saturated carbocycles. The number of rotatable bonds is 3. The maximum Gasteiger partial charge on any atom is 0.180 e. The summed E-state index contributed by atoms with van der Waals surface area (Å²) in [4.78, 5) is 13.5. The first kappa shape index (κ1) is 13.2. The van der Waals surface area contributed by atoms with Gasteiger partial charge in [-0.2, -0.15) is 0 Å². The third-order valence-corrected chi connectivity index (χ3v) is 4.94. The Kier molecular flexibility index (Phi) is 3.71. The summed E-state index contributed by atoms with van der Waals surface area (Å²) < 4.78 is 0.986. The van der Waals surface area contributed by atoms with Gasteiger partial charge in [0.2, 0.25) is 0 Å². The van der Waals surface area contributed by atoms with Crippen molar-refractivity contribution in [1.82, 2.24) is 15.0 Å².